The molecule has 164 valence electrons. The minimum absolute atomic E-state index is 0.00440. The molecule has 2 heterocycles. The zero-order valence-electron chi connectivity index (χ0n) is 18.2. The number of pyridine rings is 1. The highest BCUT2D eigenvalue weighted by molar-refractivity contribution is 6.01. The number of amides is 1. The van der Waals surface area contributed by atoms with Crippen LogP contribution in [0.5, 0.6) is 5.75 Å². The molecule has 1 N–H and O–H groups in total. The Bertz CT molecular complexity index is 1400. The number of rotatable bonds is 7. The number of carbonyl (C=O) groups is 2. The lowest BCUT2D eigenvalue weighted by molar-refractivity contribution is -0.116. The minimum atomic E-state index is -0.408. The zero-order valence-corrected chi connectivity index (χ0v) is 18.2. The van der Waals surface area contributed by atoms with Crippen molar-refractivity contribution in [3.8, 4) is 17.6 Å². The number of fused-ring (bicyclic) bond motifs is 1. The molecule has 0 aliphatic heterocycles. The summed E-state index contributed by atoms with van der Waals surface area (Å²) in [7, 11) is 1.49. The van der Waals surface area contributed by atoms with Crippen molar-refractivity contribution in [3.05, 3.63) is 77.5 Å². The molecule has 0 spiro atoms. The Morgan fingerprint density at radius 3 is 2.67 bits per heavy atom. The van der Waals surface area contributed by atoms with Crippen LogP contribution in [0.4, 0.5) is 5.82 Å². The van der Waals surface area contributed by atoms with Gasteiger partial charge in [-0.1, -0.05) is 30.3 Å². The van der Waals surface area contributed by atoms with Crippen LogP contribution in [0.3, 0.4) is 0 Å². The van der Waals surface area contributed by atoms with Gasteiger partial charge in [0.05, 0.1) is 24.4 Å². The molecule has 1 amide bonds. The van der Waals surface area contributed by atoms with Gasteiger partial charge in [0.2, 0.25) is 5.91 Å². The maximum absolute atomic E-state index is 12.7. The quantitative estimate of drug-likeness (QED) is 0.432. The summed E-state index contributed by atoms with van der Waals surface area (Å²) in [5.74, 6) is 0.547. The number of Topliss-reactive ketones (excluding diaryl/α,β-unsaturated/α-hetero) is 1. The lowest BCUT2D eigenvalue weighted by Gasteiger charge is -2.11. The van der Waals surface area contributed by atoms with Crippen molar-refractivity contribution in [1.29, 1.82) is 5.26 Å². The maximum atomic E-state index is 12.7. The van der Waals surface area contributed by atoms with Gasteiger partial charge in [-0.25, -0.2) is 4.98 Å². The summed E-state index contributed by atoms with van der Waals surface area (Å²) in [5.41, 5.74) is 2.39. The van der Waals surface area contributed by atoms with E-state index in [9.17, 15) is 14.9 Å². The number of para-hydroxylation sites is 2. The Labute approximate surface area is 190 Å². The van der Waals surface area contributed by atoms with Gasteiger partial charge >= 0.3 is 0 Å². The fourth-order valence-electron chi connectivity index (χ4n) is 3.60. The number of nitriles is 1. The van der Waals surface area contributed by atoms with Gasteiger partial charge in [0.1, 0.15) is 17.4 Å². The molecule has 0 saturated heterocycles. The first-order valence-corrected chi connectivity index (χ1v) is 10.3. The smallest absolute Gasteiger partial charge is 0.226 e. The average Bonchev–Trinajstić information content (AvgIpc) is 3.24. The largest absolute Gasteiger partial charge is 0.496 e. The molecule has 33 heavy (non-hydrogen) atoms. The second-order valence-electron chi connectivity index (χ2n) is 7.42. The van der Waals surface area contributed by atoms with Crippen molar-refractivity contribution in [2.45, 2.75) is 19.8 Å². The van der Waals surface area contributed by atoms with E-state index in [-0.39, 0.29) is 30.0 Å². The molecule has 0 atom stereocenters. The highest BCUT2D eigenvalue weighted by Crippen LogP contribution is 2.24. The topological polar surface area (TPSA) is 110 Å². The summed E-state index contributed by atoms with van der Waals surface area (Å²) in [6.45, 7) is 1.96. The van der Waals surface area contributed by atoms with Crippen LogP contribution in [0.2, 0.25) is 0 Å². The minimum Gasteiger partial charge on any atom is -0.496 e. The number of ketones is 1. The van der Waals surface area contributed by atoms with E-state index < -0.39 is 5.91 Å². The van der Waals surface area contributed by atoms with Crippen LogP contribution in [0.1, 0.15) is 34.3 Å². The van der Waals surface area contributed by atoms with Crippen LogP contribution in [-0.2, 0) is 4.79 Å². The number of nitrogens with zero attached hydrogens (tertiary/aromatic N) is 4. The molecule has 0 aliphatic carbocycles. The highest BCUT2D eigenvalue weighted by Gasteiger charge is 2.18. The fraction of sp³-hybridized carbons (Fsp3) is 0.160. The Kier molecular flexibility index (Phi) is 6.13. The number of aromatic nitrogens is 3. The normalized spacial score (nSPS) is 10.6. The summed E-state index contributed by atoms with van der Waals surface area (Å²) in [4.78, 5) is 29.9. The van der Waals surface area contributed by atoms with E-state index in [0.29, 0.717) is 17.1 Å². The summed E-state index contributed by atoms with van der Waals surface area (Å²) in [6.07, 6.45) is 1.31. The SMILES string of the molecule is COc1ccccc1C(=O)CCC(=O)Nc1c(C#N)cnn1-c1cc(C)c2ccccc2n1. The molecule has 0 saturated carbocycles. The number of methoxy groups -OCH3 is 1. The number of benzene rings is 2. The molecule has 4 rings (SSSR count). The van der Waals surface area contributed by atoms with E-state index in [1.54, 1.807) is 24.3 Å². The first-order valence-electron chi connectivity index (χ1n) is 10.3. The van der Waals surface area contributed by atoms with Crippen molar-refractivity contribution < 1.29 is 14.3 Å². The number of anilines is 1. The lowest BCUT2D eigenvalue weighted by Crippen LogP contribution is -2.17. The Morgan fingerprint density at radius 2 is 1.88 bits per heavy atom. The Balaban J connectivity index is 1.55. The van der Waals surface area contributed by atoms with Crippen LogP contribution >= 0.6 is 0 Å². The van der Waals surface area contributed by atoms with Crippen molar-refractivity contribution in [2.24, 2.45) is 0 Å². The average molecular weight is 439 g/mol. The lowest BCUT2D eigenvalue weighted by atomic mass is 10.1. The predicted molar refractivity (Wildman–Crippen MR) is 124 cm³/mol. The van der Waals surface area contributed by atoms with E-state index in [1.165, 1.54) is 18.0 Å². The monoisotopic (exact) mass is 439 g/mol. The maximum Gasteiger partial charge on any atom is 0.226 e. The molecule has 4 aromatic rings. The summed E-state index contributed by atoms with van der Waals surface area (Å²) >= 11 is 0. The number of carbonyl (C=O) groups excluding carboxylic acids is 2. The Hall–Kier alpha value is -4.51. The van der Waals surface area contributed by atoms with Gasteiger partial charge in [-0.05, 0) is 36.8 Å². The van der Waals surface area contributed by atoms with Gasteiger partial charge in [-0.3, -0.25) is 9.59 Å². The highest BCUT2D eigenvalue weighted by atomic mass is 16.5. The predicted octanol–water partition coefficient (Wildman–Crippen LogP) is 4.21. The summed E-state index contributed by atoms with van der Waals surface area (Å²) in [5, 5.41) is 17.5. The van der Waals surface area contributed by atoms with Gasteiger partial charge in [0.25, 0.3) is 0 Å². The van der Waals surface area contributed by atoms with E-state index in [0.717, 1.165) is 16.5 Å². The van der Waals surface area contributed by atoms with Gasteiger partial charge < -0.3 is 10.1 Å². The van der Waals surface area contributed by atoms with Crippen molar-refractivity contribution in [2.75, 3.05) is 12.4 Å². The molecule has 2 aromatic carbocycles. The number of nitrogens with one attached hydrogen (secondary N) is 1. The molecule has 0 radical (unpaired) electrons. The number of ether oxygens (including phenoxy) is 1. The van der Waals surface area contributed by atoms with E-state index in [2.05, 4.69) is 15.4 Å². The first-order chi connectivity index (χ1) is 16.0. The molecule has 0 aliphatic rings. The summed E-state index contributed by atoms with van der Waals surface area (Å²) < 4.78 is 6.65. The van der Waals surface area contributed by atoms with E-state index >= 15 is 0 Å². The molecule has 0 bridgehead atoms. The second kappa shape index (κ2) is 9.32. The van der Waals surface area contributed by atoms with E-state index in [4.69, 9.17) is 4.74 Å². The third-order valence-corrected chi connectivity index (χ3v) is 5.26. The van der Waals surface area contributed by atoms with E-state index in [1.807, 2.05) is 43.3 Å². The van der Waals surface area contributed by atoms with Crippen LogP contribution in [0, 0.1) is 18.3 Å². The summed E-state index contributed by atoms with van der Waals surface area (Å²) in [6, 6.07) is 18.5. The van der Waals surface area contributed by atoms with Crippen LogP contribution in [-0.4, -0.2) is 33.6 Å². The van der Waals surface area contributed by atoms with Gasteiger partial charge in [0, 0.05) is 18.2 Å². The van der Waals surface area contributed by atoms with Gasteiger partial charge in [-0.15, -0.1) is 0 Å². The van der Waals surface area contributed by atoms with Crippen molar-refractivity contribution in [1.82, 2.24) is 14.8 Å². The number of hydrogen-bond acceptors (Lipinski definition) is 6. The molecule has 2 aromatic heterocycles. The van der Waals surface area contributed by atoms with Crippen LogP contribution < -0.4 is 10.1 Å². The zero-order chi connectivity index (χ0) is 23.4. The standard InChI is InChI=1S/C25H21N5O3/c1-16-13-23(28-20-9-5-3-7-18(16)20)30-25(17(14-26)15-27-30)29-24(32)12-11-21(31)19-8-4-6-10-22(19)33-2/h3-10,13,15H,11-12H2,1-2H3,(H,29,32). The van der Waals surface area contributed by atoms with Gasteiger partial charge in [-0.2, -0.15) is 15.0 Å². The molecular formula is C25H21N5O3. The van der Waals surface area contributed by atoms with Gasteiger partial charge in [0.15, 0.2) is 17.4 Å². The molecular weight excluding hydrogens is 418 g/mol. The third-order valence-electron chi connectivity index (χ3n) is 5.26. The van der Waals surface area contributed by atoms with Crippen molar-refractivity contribution in [3.63, 3.8) is 0 Å². The molecule has 0 fully saturated rings. The van der Waals surface area contributed by atoms with Crippen LogP contribution in [0.15, 0.2) is 60.8 Å². The number of aryl methyl sites for hydroxylation is 1. The van der Waals surface area contributed by atoms with Crippen LogP contribution in [0.25, 0.3) is 16.7 Å². The molecule has 0 unspecified atom stereocenters. The third kappa shape index (κ3) is 4.43. The fourth-order valence-corrected chi connectivity index (χ4v) is 3.60. The molecule has 8 heteroatoms. The second-order valence-corrected chi connectivity index (χ2v) is 7.42. The Morgan fingerprint density at radius 1 is 1.12 bits per heavy atom. The van der Waals surface area contributed by atoms with Crippen molar-refractivity contribution >= 4 is 28.4 Å². The number of hydrogen-bond donors (Lipinski definition) is 1. The first kappa shape index (κ1) is 21.7. The molecule has 8 nitrogen and oxygen atoms in total.